The second-order valence-electron chi connectivity index (χ2n) is 4.16. The van der Waals surface area contributed by atoms with Crippen molar-refractivity contribution < 1.29 is 4.42 Å². The number of aromatic nitrogens is 1. The minimum atomic E-state index is 0.434. The van der Waals surface area contributed by atoms with Crippen molar-refractivity contribution in [1.29, 1.82) is 0 Å². The predicted octanol–water partition coefficient (Wildman–Crippen LogP) is 3.44. The molecule has 0 saturated carbocycles. The average Bonchev–Trinajstić information content (AvgIpc) is 2.76. The highest BCUT2D eigenvalue weighted by Crippen LogP contribution is 2.21. The lowest BCUT2D eigenvalue weighted by Crippen LogP contribution is -2.21. The number of hydrogen-bond donors (Lipinski definition) is 1. The van der Waals surface area contributed by atoms with E-state index in [-0.39, 0.29) is 0 Å². The minimum Gasteiger partial charge on any atom is -0.439 e. The van der Waals surface area contributed by atoms with Crippen molar-refractivity contribution in [3.63, 3.8) is 0 Å². The van der Waals surface area contributed by atoms with Crippen molar-refractivity contribution in [1.82, 2.24) is 10.3 Å². The molecule has 0 atom stereocenters. The number of halogens is 1. The van der Waals surface area contributed by atoms with E-state index in [0.717, 1.165) is 17.2 Å². The SMILES string of the molecule is CC(C)NCc1ncc(-c2ccc(I)cc2)o1. The molecular formula is C13H15IN2O. The molecule has 0 unspecified atom stereocenters. The monoisotopic (exact) mass is 342 g/mol. The molecule has 1 heterocycles. The second-order valence-corrected chi connectivity index (χ2v) is 5.41. The summed E-state index contributed by atoms with van der Waals surface area (Å²) in [6, 6.07) is 8.64. The van der Waals surface area contributed by atoms with E-state index in [9.17, 15) is 0 Å². The molecule has 0 saturated heterocycles. The van der Waals surface area contributed by atoms with E-state index in [1.165, 1.54) is 3.57 Å². The van der Waals surface area contributed by atoms with E-state index in [1.54, 1.807) is 6.20 Å². The number of oxazole rings is 1. The average molecular weight is 342 g/mol. The summed E-state index contributed by atoms with van der Waals surface area (Å²) in [6.07, 6.45) is 1.78. The van der Waals surface area contributed by atoms with Crippen molar-refractivity contribution in [3.05, 3.63) is 39.9 Å². The number of nitrogens with zero attached hydrogens (tertiary/aromatic N) is 1. The molecule has 1 aromatic carbocycles. The first-order valence-electron chi connectivity index (χ1n) is 5.59. The molecular weight excluding hydrogens is 327 g/mol. The van der Waals surface area contributed by atoms with Gasteiger partial charge >= 0.3 is 0 Å². The maximum atomic E-state index is 5.68. The van der Waals surface area contributed by atoms with Gasteiger partial charge in [0.05, 0.1) is 12.7 Å². The Morgan fingerprint density at radius 2 is 2.00 bits per heavy atom. The number of benzene rings is 1. The Balaban J connectivity index is 2.10. The normalized spacial score (nSPS) is 11.1. The van der Waals surface area contributed by atoms with Crippen LogP contribution in [-0.2, 0) is 6.54 Å². The standard InChI is InChI=1S/C13H15IN2O/c1-9(2)15-8-13-16-7-12(17-13)10-3-5-11(14)6-4-10/h3-7,9,15H,8H2,1-2H3. The second kappa shape index (κ2) is 5.64. The number of rotatable bonds is 4. The molecule has 0 aliphatic rings. The molecule has 1 aromatic heterocycles. The van der Waals surface area contributed by atoms with Crippen LogP contribution in [0.5, 0.6) is 0 Å². The number of hydrogen-bond acceptors (Lipinski definition) is 3. The van der Waals surface area contributed by atoms with Gasteiger partial charge in [-0.3, -0.25) is 0 Å². The molecule has 0 aliphatic carbocycles. The van der Waals surface area contributed by atoms with Gasteiger partial charge in [0.2, 0.25) is 5.89 Å². The minimum absolute atomic E-state index is 0.434. The molecule has 0 radical (unpaired) electrons. The maximum Gasteiger partial charge on any atom is 0.208 e. The van der Waals surface area contributed by atoms with Crippen LogP contribution in [0.15, 0.2) is 34.9 Å². The van der Waals surface area contributed by atoms with Gasteiger partial charge in [-0.25, -0.2) is 4.98 Å². The summed E-state index contributed by atoms with van der Waals surface area (Å²) in [6.45, 7) is 4.87. The van der Waals surface area contributed by atoms with Crippen LogP contribution < -0.4 is 5.32 Å². The summed E-state index contributed by atoms with van der Waals surface area (Å²) in [5, 5.41) is 3.28. The zero-order valence-corrected chi connectivity index (χ0v) is 12.1. The van der Waals surface area contributed by atoms with E-state index in [4.69, 9.17) is 4.42 Å². The Kier molecular flexibility index (Phi) is 4.17. The Bertz CT molecular complexity index is 476. The summed E-state index contributed by atoms with van der Waals surface area (Å²) < 4.78 is 6.90. The van der Waals surface area contributed by atoms with E-state index >= 15 is 0 Å². The maximum absolute atomic E-state index is 5.68. The lowest BCUT2D eigenvalue weighted by molar-refractivity contribution is 0.459. The van der Waals surface area contributed by atoms with Crippen molar-refractivity contribution >= 4 is 22.6 Å². The van der Waals surface area contributed by atoms with Crippen LogP contribution in [0.1, 0.15) is 19.7 Å². The number of nitrogens with one attached hydrogen (secondary N) is 1. The van der Waals surface area contributed by atoms with Crippen LogP contribution >= 0.6 is 22.6 Å². The van der Waals surface area contributed by atoms with E-state index < -0.39 is 0 Å². The van der Waals surface area contributed by atoms with Gasteiger partial charge in [-0.05, 0) is 34.7 Å². The third-order valence-corrected chi connectivity index (χ3v) is 3.06. The van der Waals surface area contributed by atoms with Gasteiger partial charge in [0.1, 0.15) is 0 Å². The van der Waals surface area contributed by atoms with Gasteiger partial charge in [0.25, 0.3) is 0 Å². The molecule has 2 rings (SSSR count). The predicted molar refractivity (Wildman–Crippen MR) is 76.6 cm³/mol. The first-order valence-corrected chi connectivity index (χ1v) is 6.67. The largest absolute Gasteiger partial charge is 0.439 e. The molecule has 17 heavy (non-hydrogen) atoms. The van der Waals surface area contributed by atoms with Crippen molar-refractivity contribution in [3.8, 4) is 11.3 Å². The van der Waals surface area contributed by atoms with Gasteiger partial charge in [0, 0.05) is 15.2 Å². The topological polar surface area (TPSA) is 38.1 Å². The highest BCUT2D eigenvalue weighted by molar-refractivity contribution is 14.1. The summed E-state index contributed by atoms with van der Waals surface area (Å²) in [7, 11) is 0. The Morgan fingerprint density at radius 1 is 1.29 bits per heavy atom. The lowest BCUT2D eigenvalue weighted by Gasteiger charge is -2.04. The molecule has 3 nitrogen and oxygen atoms in total. The van der Waals surface area contributed by atoms with E-state index in [1.807, 2.05) is 12.1 Å². The highest BCUT2D eigenvalue weighted by Gasteiger charge is 2.06. The van der Waals surface area contributed by atoms with Crippen LogP contribution in [0.2, 0.25) is 0 Å². The van der Waals surface area contributed by atoms with Gasteiger partial charge in [-0.15, -0.1) is 0 Å². The van der Waals surface area contributed by atoms with Crippen molar-refractivity contribution in [2.75, 3.05) is 0 Å². The van der Waals surface area contributed by atoms with Crippen molar-refractivity contribution in [2.45, 2.75) is 26.4 Å². The Hall–Kier alpha value is -0.880. The van der Waals surface area contributed by atoms with Gasteiger partial charge in [0.15, 0.2) is 5.76 Å². The zero-order valence-electron chi connectivity index (χ0n) is 9.90. The van der Waals surface area contributed by atoms with Crippen LogP contribution in [0.3, 0.4) is 0 Å². The first kappa shape index (κ1) is 12.6. The Morgan fingerprint density at radius 3 is 2.65 bits per heavy atom. The fourth-order valence-electron chi connectivity index (χ4n) is 1.43. The van der Waals surface area contributed by atoms with Crippen molar-refractivity contribution in [2.24, 2.45) is 0 Å². The fourth-order valence-corrected chi connectivity index (χ4v) is 1.79. The molecule has 1 N–H and O–H groups in total. The Labute approximate surface area is 115 Å². The molecule has 4 heteroatoms. The highest BCUT2D eigenvalue weighted by atomic mass is 127. The summed E-state index contributed by atoms with van der Waals surface area (Å²) in [5.74, 6) is 1.55. The summed E-state index contributed by atoms with van der Waals surface area (Å²) in [5.41, 5.74) is 1.06. The quantitative estimate of drug-likeness (QED) is 0.865. The zero-order chi connectivity index (χ0) is 12.3. The van der Waals surface area contributed by atoms with Crippen LogP contribution in [0.25, 0.3) is 11.3 Å². The molecule has 0 aliphatic heterocycles. The van der Waals surface area contributed by atoms with E-state index in [0.29, 0.717) is 12.6 Å². The summed E-state index contributed by atoms with van der Waals surface area (Å²) >= 11 is 2.29. The summed E-state index contributed by atoms with van der Waals surface area (Å²) in [4.78, 5) is 4.26. The van der Waals surface area contributed by atoms with Crippen LogP contribution in [-0.4, -0.2) is 11.0 Å². The molecule has 0 spiro atoms. The van der Waals surface area contributed by atoms with Gasteiger partial charge in [-0.2, -0.15) is 0 Å². The first-order chi connectivity index (χ1) is 8.15. The van der Waals surface area contributed by atoms with E-state index in [2.05, 4.69) is 58.9 Å². The van der Waals surface area contributed by atoms with Crippen LogP contribution in [0, 0.1) is 3.57 Å². The molecule has 0 amide bonds. The van der Waals surface area contributed by atoms with Gasteiger partial charge < -0.3 is 9.73 Å². The third-order valence-electron chi connectivity index (χ3n) is 2.34. The third kappa shape index (κ3) is 3.54. The molecule has 0 fully saturated rings. The molecule has 90 valence electrons. The smallest absolute Gasteiger partial charge is 0.208 e. The molecule has 0 bridgehead atoms. The van der Waals surface area contributed by atoms with Crippen LogP contribution in [0.4, 0.5) is 0 Å². The lowest BCUT2D eigenvalue weighted by atomic mass is 10.2. The van der Waals surface area contributed by atoms with Gasteiger partial charge in [-0.1, -0.05) is 26.0 Å². The fraction of sp³-hybridized carbons (Fsp3) is 0.308. The molecule has 2 aromatic rings.